The minimum absolute atomic E-state index is 0.0830. The molecule has 0 atom stereocenters. The van der Waals surface area contributed by atoms with Crippen LogP contribution in [0.1, 0.15) is 49.2 Å². The number of benzene rings is 2. The Morgan fingerprint density at radius 3 is 2.20 bits per heavy atom. The van der Waals surface area contributed by atoms with E-state index >= 15 is 0 Å². The van der Waals surface area contributed by atoms with E-state index in [2.05, 4.69) is 13.0 Å². The maximum absolute atomic E-state index is 12.6. The van der Waals surface area contributed by atoms with Crippen molar-refractivity contribution >= 4 is 17.5 Å². The SMILES string of the molecule is CC.CC.COc1cc(OC)c2c(c1)Sc1cc(C)ccc1CC2=O. The molecule has 0 saturated carbocycles. The lowest BCUT2D eigenvalue weighted by atomic mass is 10.0. The molecule has 0 amide bonds. The molecule has 0 unspecified atom stereocenters. The third kappa shape index (κ3) is 4.79. The van der Waals surface area contributed by atoms with Crippen LogP contribution in [0.15, 0.2) is 40.1 Å². The molecule has 0 radical (unpaired) electrons. The van der Waals surface area contributed by atoms with Crippen LogP contribution in [-0.2, 0) is 6.42 Å². The molecule has 3 nitrogen and oxygen atoms in total. The number of methoxy groups -OCH3 is 2. The predicted octanol–water partition coefficient (Wildman–Crippen LogP) is 5.95. The summed E-state index contributed by atoms with van der Waals surface area (Å²) in [6.45, 7) is 10.1. The summed E-state index contributed by atoms with van der Waals surface area (Å²) in [5.74, 6) is 1.35. The Morgan fingerprint density at radius 1 is 0.920 bits per heavy atom. The molecule has 0 N–H and O–H groups in total. The zero-order chi connectivity index (χ0) is 19.0. The van der Waals surface area contributed by atoms with E-state index in [1.165, 1.54) is 5.56 Å². The lowest BCUT2D eigenvalue weighted by molar-refractivity contribution is 0.0987. The molecule has 0 aromatic heterocycles. The second-order valence-corrected chi connectivity index (χ2v) is 6.10. The van der Waals surface area contributed by atoms with E-state index in [9.17, 15) is 4.79 Å². The molecule has 2 aromatic carbocycles. The number of rotatable bonds is 2. The quantitative estimate of drug-likeness (QED) is 0.662. The fraction of sp³-hybridized carbons (Fsp3) is 0.381. The van der Waals surface area contributed by atoms with Gasteiger partial charge in [-0.05, 0) is 30.2 Å². The highest BCUT2D eigenvalue weighted by Crippen LogP contribution is 2.43. The van der Waals surface area contributed by atoms with Crippen molar-refractivity contribution in [2.24, 2.45) is 0 Å². The molecule has 3 rings (SSSR count). The van der Waals surface area contributed by atoms with E-state index in [1.54, 1.807) is 32.0 Å². The summed E-state index contributed by atoms with van der Waals surface area (Å²) in [6.07, 6.45) is 0.401. The molecule has 4 heteroatoms. The van der Waals surface area contributed by atoms with Crippen molar-refractivity contribution in [1.82, 2.24) is 0 Å². The molecule has 136 valence electrons. The van der Waals surface area contributed by atoms with Gasteiger partial charge in [-0.2, -0.15) is 0 Å². The minimum atomic E-state index is 0.0830. The first-order valence-electron chi connectivity index (χ1n) is 8.69. The van der Waals surface area contributed by atoms with Crippen molar-refractivity contribution < 1.29 is 14.3 Å². The summed E-state index contributed by atoms with van der Waals surface area (Å²) in [6, 6.07) is 9.86. The summed E-state index contributed by atoms with van der Waals surface area (Å²) >= 11 is 1.60. The maximum atomic E-state index is 12.6. The largest absolute Gasteiger partial charge is 0.497 e. The number of Topliss-reactive ketones (excluding diaryl/α,β-unsaturated/α-hetero) is 1. The van der Waals surface area contributed by atoms with Crippen molar-refractivity contribution in [3.8, 4) is 11.5 Å². The van der Waals surface area contributed by atoms with E-state index in [0.717, 1.165) is 15.4 Å². The van der Waals surface area contributed by atoms with Crippen LogP contribution < -0.4 is 9.47 Å². The highest BCUT2D eigenvalue weighted by Gasteiger charge is 2.25. The van der Waals surface area contributed by atoms with Crippen molar-refractivity contribution in [1.29, 1.82) is 0 Å². The fourth-order valence-corrected chi connectivity index (χ4v) is 3.73. The first-order valence-corrected chi connectivity index (χ1v) is 9.50. The summed E-state index contributed by atoms with van der Waals surface area (Å²) in [5, 5.41) is 0. The number of fused-ring (bicyclic) bond motifs is 2. The molecule has 1 aliphatic heterocycles. The third-order valence-electron chi connectivity index (χ3n) is 3.57. The Kier molecular flexibility index (Phi) is 8.56. The fourth-order valence-electron chi connectivity index (χ4n) is 2.48. The number of carbonyl (C=O) groups is 1. The van der Waals surface area contributed by atoms with Crippen molar-refractivity contribution in [3.05, 3.63) is 47.0 Å². The highest BCUT2D eigenvalue weighted by atomic mass is 32.2. The van der Waals surface area contributed by atoms with Crippen LogP contribution in [0.25, 0.3) is 0 Å². The van der Waals surface area contributed by atoms with Crippen LogP contribution >= 0.6 is 11.8 Å². The van der Waals surface area contributed by atoms with Gasteiger partial charge in [0.05, 0.1) is 19.8 Å². The van der Waals surface area contributed by atoms with Gasteiger partial charge in [-0.3, -0.25) is 4.79 Å². The van der Waals surface area contributed by atoms with Crippen LogP contribution in [0.2, 0.25) is 0 Å². The van der Waals surface area contributed by atoms with Crippen LogP contribution in [0.4, 0.5) is 0 Å². The molecule has 1 heterocycles. The van der Waals surface area contributed by atoms with E-state index in [4.69, 9.17) is 9.47 Å². The molecule has 0 bridgehead atoms. The van der Waals surface area contributed by atoms with Gasteiger partial charge in [-0.1, -0.05) is 51.6 Å². The molecule has 0 fully saturated rings. The van der Waals surface area contributed by atoms with Crippen LogP contribution in [0.3, 0.4) is 0 Å². The van der Waals surface area contributed by atoms with E-state index in [0.29, 0.717) is 23.5 Å². The smallest absolute Gasteiger partial charge is 0.172 e. The summed E-state index contributed by atoms with van der Waals surface area (Å²) in [4.78, 5) is 14.6. The molecule has 0 aliphatic carbocycles. The zero-order valence-electron chi connectivity index (χ0n) is 16.2. The summed E-state index contributed by atoms with van der Waals surface area (Å²) in [7, 11) is 3.19. The summed E-state index contributed by atoms with van der Waals surface area (Å²) in [5.41, 5.74) is 2.90. The Hall–Kier alpha value is -1.94. The summed E-state index contributed by atoms with van der Waals surface area (Å²) < 4.78 is 10.7. The highest BCUT2D eigenvalue weighted by molar-refractivity contribution is 7.99. The topological polar surface area (TPSA) is 35.5 Å². The van der Waals surface area contributed by atoms with Crippen LogP contribution in [0, 0.1) is 6.92 Å². The third-order valence-corrected chi connectivity index (χ3v) is 4.71. The number of hydrogen-bond donors (Lipinski definition) is 0. The van der Waals surface area contributed by atoms with Crippen molar-refractivity contribution in [3.63, 3.8) is 0 Å². The Bertz CT molecular complexity index is 723. The van der Waals surface area contributed by atoms with Gasteiger partial charge in [0.1, 0.15) is 11.5 Å². The maximum Gasteiger partial charge on any atom is 0.172 e. The van der Waals surface area contributed by atoms with Crippen molar-refractivity contribution in [2.45, 2.75) is 50.8 Å². The van der Waals surface area contributed by atoms with Gasteiger partial charge in [0.15, 0.2) is 5.78 Å². The lowest BCUT2D eigenvalue weighted by Gasteiger charge is -2.12. The standard InChI is InChI=1S/C17H16O3S.2C2H6/c1-10-4-5-11-7-13(18)17-14(20-3)8-12(19-2)9-16(17)21-15(11)6-10;2*1-2/h4-6,8-9H,7H2,1-3H3;2*1-2H3. The molecular weight excluding hydrogens is 332 g/mol. The van der Waals surface area contributed by atoms with Crippen LogP contribution in [-0.4, -0.2) is 20.0 Å². The average molecular weight is 361 g/mol. The molecule has 0 spiro atoms. The van der Waals surface area contributed by atoms with Gasteiger partial charge in [0.25, 0.3) is 0 Å². The number of hydrogen-bond acceptors (Lipinski definition) is 4. The van der Waals surface area contributed by atoms with Gasteiger partial charge in [0, 0.05) is 22.3 Å². The number of ketones is 1. The number of carbonyl (C=O) groups excluding carboxylic acids is 1. The molecule has 25 heavy (non-hydrogen) atoms. The van der Waals surface area contributed by atoms with Gasteiger partial charge in [-0.25, -0.2) is 0 Å². The van der Waals surface area contributed by atoms with Crippen molar-refractivity contribution in [2.75, 3.05) is 14.2 Å². The molecule has 0 saturated heterocycles. The molecule has 1 aliphatic rings. The van der Waals surface area contributed by atoms with E-state index in [1.807, 2.05) is 45.9 Å². The Balaban J connectivity index is 0.000000730. The second-order valence-electron chi connectivity index (χ2n) is 5.02. The minimum Gasteiger partial charge on any atom is -0.497 e. The number of ether oxygens (including phenoxy) is 2. The Labute approximate surface area is 155 Å². The first kappa shape index (κ1) is 21.1. The Morgan fingerprint density at radius 2 is 1.60 bits per heavy atom. The lowest BCUT2D eigenvalue weighted by Crippen LogP contribution is -2.06. The van der Waals surface area contributed by atoms with Gasteiger partial charge < -0.3 is 9.47 Å². The van der Waals surface area contributed by atoms with E-state index < -0.39 is 0 Å². The predicted molar refractivity (Wildman–Crippen MR) is 106 cm³/mol. The van der Waals surface area contributed by atoms with Crippen LogP contribution in [0.5, 0.6) is 11.5 Å². The molecular formula is C21H28O3S. The van der Waals surface area contributed by atoms with Gasteiger partial charge in [0.2, 0.25) is 0 Å². The zero-order valence-corrected chi connectivity index (χ0v) is 17.0. The van der Waals surface area contributed by atoms with Gasteiger partial charge >= 0.3 is 0 Å². The normalized spacial score (nSPS) is 11.6. The number of aryl methyl sites for hydroxylation is 1. The van der Waals surface area contributed by atoms with Gasteiger partial charge in [-0.15, -0.1) is 0 Å². The average Bonchev–Trinajstić information content (AvgIpc) is 2.79. The second kappa shape index (κ2) is 10.1. The first-order chi connectivity index (χ1) is 12.1. The molecule has 2 aromatic rings. The monoisotopic (exact) mass is 360 g/mol. The van der Waals surface area contributed by atoms with E-state index in [-0.39, 0.29) is 5.78 Å².